The average molecular weight is 775 g/mol. The summed E-state index contributed by atoms with van der Waals surface area (Å²) in [6, 6.07) is 14.4. The lowest BCUT2D eigenvalue weighted by Gasteiger charge is -2.41. The van der Waals surface area contributed by atoms with Crippen molar-refractivity contribution >= 4 is 11.8 Å². The number of imidazole rings is 2. The monoisotopic (exact) mass is 774 g/mol. The van der Waals surface area contributed by atoms with Crippen molar-refractivity contribution in [3.8, 4) is 33.6 Å². The molecule has 2 aromatic carbocycles. The van der Waals surface area contributed by atoms with Gasteiger partial charge in [-0.3, -0.25) is 9.59 Å². The number of fused-ring (bicyclic) bond motifs is 3. The maximum atomic E-state index is 13.8. The molecule has 9 rings (SSSR count). The molecule has 0 radical (unpaired) electrons. The van der Waals surface area contributed by atoms with Crippen LogP contribution in [0, 0.1) is 10.8 Å². The number of aryl methyl sites for hydroxylation is 2. The van der Waals surface area contributed by atoms with E-state index in [4.69, 9.17) is 4.98 Å². The summed E-state index contributed by atoms with van der Waals surface area (Å²) in [4.78, 5) is 42.4. The number of nitrogens with zero attached hydrogens (tertiary/aromatic N) is 2. The Morgan fingerprint density at radius 3 is 1.71 bits per heavy atom. The van der Waals surface area contributed by atoms with Crippen LogP contribution in [-0.4, -0.2) is 65.0 Å². The van der Waals surface area contributed by atoms with E-state index in [9.17, 15) is 37.4 Å². The minimum atomic E-state index is -2.79. The lowest BCUT2D eigenvalue weighted by atomic mass is 9.71. The van der Waals surface area contributed by atoms with Crippen LogP contribution in [0.4, 0.5) is 17.6 Å². The molecule has 0 bridgehead atoms. The van der Waals surface area contributed by atoms with Gasteiger partial charge in [0.1, 0.15) is 11.6 Å². The van der Waals surface area contributed by atoms with Crippen LogP contribution in [0.1, 0.15) is 100.0 Å². The topological polar surface area (TPSA) is 156 Å². The normalized spacial score (nSPS) is 23.0. The minimum absolute atomic E-state index is 0.0782. The minimum Gasteiger partial charge on any atom is -0.389 e. The molecule has 0 aliphatic heterocycles. The van der Waals surface area contributed by atoms with Crippen molar-refractivity contribution in [2.24, 2.45) is 10.8 Å². The van der Waals surface area contributed by atoms with Crippen LogP contribution < -0.4 is 10.6 Å². The van der Waals surface area contributed by atoms with E-state index in [2.05, 4.69) is 43.8 Å². The number of nitrogens with one attached hydrogen (secondary N) is 4. The van der Waals surface area contributed by atoms with Crippen molar-refractivity contribution in [1.29, 1.82) is 0 Å². The van der Waals surface area contributed by atoms with Gasteiger partial charge in [0.15, 0.2) is 0 Å². The molecule has 5 aliphatic rings. The molecule has 4 aromatic rings. The second kappa shape index (κ2) is 13.0. The van der Waals surface area contributed by atoms with Crippen molar-refractivity contribution in [3.63, 3.8) is 0 Å². The zero-order valence-corrected chi connectivity index (χ0v) is 31.0. The molecule has 2 heterocycles. The van der Waals surface area contributed by atoms with E-state index in [0.717, 1.165) is 46.5 Å². The van der Waals surface area contributed by atoms with Gasteiger partial charge in [-0.05, 0) is 80.9 Å². The van der Waals surface area contributed by atoms with Gasteiger partial charge in [0.2, 0.25) is 23.7 Å². The molecule has 0 unspecified atom stereocenters. The first-order valence-corrected chi connectivity index (χ1v) is 19.8. The summed E-state index contributed by atoms with van der Waals surface area (Å²) in [6.07, 6.45) is 3.31. The number of benzene rings is 2. The van der Waals surface area contributed by atoms with Crippen LogP contribution in [0.15, 0.2) is 48.7 Å². The molecule has 0 saturated heterocycles. The van der Waals surface area contributed by atoms with Gasteiger partial charge >= 0.3 is 0 Å². The average Bonchev–Trinajstić information content (AvgIpc) is 4.10. The van der Waals surface area contributed by atoms with Gasteiger partial charge < -0.3 is 30.8 Å². The van der Waals surface area contributed by atoms with Gasteiger partial charge in [-0.2, -0.15) is 0 Å². The molecule has 4 fully saturated rings. The number of alkyl halides is 4. The highest BCUT2D eigenvalue weighted by molar-refractivity contribution is 5.87. The standard InChI is InChI=1S/C42H46F4N6O4/c43-41(44)17-13-39(55,14-18-41)37(9-10-37)35(53)48-23-32-47-22-31(51-32)26-3-1-25(2-4-26)27-5-7-29-28(21-27)6-8-30-34(29)52-33(50-30)24-49-36(54)38(11-12-38)40(56)15-19-42(45,46)20-16-40/h1-5,7,21-22,55-56H,6,8-20,23-24H2,(H,47,51)(H,48,53)(H,49,54)(H,50,52). The Bertz CT molecular complexity index is 2170. The van der Waals surface area contributed by atoms with Gasteiger partial charge in [0.25, 0.3) is 0 Å². The molecule has 296 valence electrons. The molecule has 0 spiro atoms. The Kier molecular flexibility index (Phi) is 8.59. The molecule has 2 amide bonds. The molecular weight excluding hydrogens is 728 g/mol. The predicted molar refractivity (Wildman–Crippen MR) is 198 cm³/mol. The van der Waals surface area contributed by atoms with E-state index in [1.807, 2.05) is 24.3 Å². The van der Waals surface area contributed by atoms with Crippen LogP contribution >= 0.6 is 0 Å². The Balaban J connectivity index is 0.813. The highest BCUT2D eigenvalue weighted by atomic mass is 19.3. The maximum Gasteiger partial charge on any atom is 0.248 e. The molecule has 2 aromatic heterocycles. The Labute approximate surface area is 321 Å². The number of carbonyl (C=O) groups excluding carboxylic acids is 2. The molecule has 14 heteroatoms. The van der Waals surface area contributed by atoms with E-state index in [1.165, 1.54) is 5.56 Å². The third-order valence-electron chi connectivity index (χ3n) is 13.6. The zero-order chi connectivity index (χ0) is 39.1. The summed E-state index contributed by atoms with van der Waals surface area (Å²) >= 11 is 0. The van der Waals surface area contributed by atoms with Crippen LogP contribution in [-0.2, 0) is 35.5 Å². The van der Waals surface area contributed by atoms with E-state index >= 15 is 0 Å². The van der Waals surface area contributed by atoms with Crippen molar-refractivity contribution in [3.05, 3.63) is 71.6 Å². The highest BCUT2D eigenvalue weighted by Gasteiger charge is 2.66. The van der Waals surface area contributed by atoms with E-state index in [1.54, 1.807) is 6.20 Å². The van der Waals surface area contributed by atoms with Crippen LogP contribution in [0.3, 0.4) is 0 Å². The number of hydrogen-bond acceptors (Lipinski definition) is 6. The Hall–Kier alpha value is -4.56. The molecule has 5 aliphatic carbocycles. The Morgan fingerprint density at radius 1 is 0.643 bits per heavy atom. The number of amides is 2. The van der Waals surface area contributed by atoms with Crippen molar-refractivity contribution < 1.29 is 37.4 Å². The predicted octanol–water partition coefficient (Wildman–Crippen LogP) is 6.91. The van der Waals surface area contributed by atoms with Gasteiger partial charge in [0.05, 0.1) is 52.2 Å². The lowest BCUT2D eigenvalue weighted by Crippen LogP contribution is -2.52. The largest absolute Gasteiger partial charge is 0.389 e. The fourth-order valence-corrected chi connectivity index (χ4v) is 9.60. The third kappa shape index (κ3) is 6.42. The first-order valence-electron chi connectivity index (χ1n) is 19.8. The quantitative estimate of drug-likeness (QED) is 0.0963. The summed E-state index contributed by atoms with van der Waals surface area (Å²) < 4.78 is 55.1. The second-order valence-electron chi connectivity index (χ2n) is 17.0. The van der Waals surface area contributed by atoms with Gasteiger partial charge in [-0.25, -0.2) is 27.5 Å². The summed E-state index contributed by atoms with van der Waals surface area (Å²) in [6.45, 7) is 0.285. The fraction of sp³-hybridized carbons (Fsp3) is 0.524. The van der Waals surface area contributed by atoms with Crippen molar-refractivity contribution in [2.75, 3.05) is 0 Å². The highest BCUT2D eigenvalue weighted by Crippen LogP contribution is 2.61. The van der Waals surface area contributed by atoms with Gasteiger partial charge in [-0.15, -0.1) is 0 Å². The number of halogens is 4. The fourth-order valence-electron chi connectivity index (χ4n) is 9.60. The summed E-state index contributed by atoms with van der Waals surface area (Å²) in [7, 11) is 0. The van der Waals surface area contributed by atoms with Gasteiger partial charge in [-0.1, -0.05) is 42.5 Å². The zero-order valence-electron chi connectivity index (χ0n) is 31.0. The smallest absolute Gasteiger partial charge is 0.248 e. The number of rotatable bonds is 10. The number of aromatic amines is 2. The molecule has 4 saturated carbocycles. The third-order valence-corrected chi connectivity index (χ3v) is 13.6. The van der Waals surface area contributed by atoms with Gasteiger partial charge in [0, 0.05) is 43.0 Å². The van der Waals surface area contributed by atoms with Crippen molar-refractivity contribution in [1.82, 2.24) is 30.6 Å². The van der Waals surface area contributed by atoms with E-state index < -0.39 is 59.6 Å². The van der Waals surface area contributed by atoms with Crippen molar-refractivity contribution in [2.45, 2.75) is 126 Å². The Morgan fingerprint density at radius 2 is 1.16 bits per heavy atom. The first-order chi connectivity index (χ1) is 26.6. The second-order valence-corrected chi connectivity index (χ2v) is 17.0. The molecule has 0 atom stereocenters. The lowest BCUT2D eigenvalue weighted by molar-refractivity contribution is -0.156. The number of H-pyrrole nitrogens is 2. The summed E-state index contributed by atoms with van der Waals surface area (Å²) in [5.41, 5.74) is 2.91. The molecule has 56 heavy (non-hydrogen) atoms. The summed E-state index contributed by atoms with van der Waals surface area (Å²) in [5.74, 6) is -5.04. The van der Waals surface area contributed by atoms with Crippen LogP contribution in [0.5, 0.6) is 0 Å². The molecule has 6 N–H and O–H groups in total. The number of carbonyl (C=O) groups is 2. The van der Waals surface area contributed by atoms with Crippen LogP contribution in [0.2, 0.25) is 0 Å². The maximum absolute atomic E-state index is 13.8. The number of aliphatic hydroxyl groups is 2. The molecular formula is C42H46F4N6O4. The summed E-state index contributed by atoms with van der Waals surface area (Å²) in [5, 5.41) is 28.2. The number of aromatic nitrogens is 4. The first kappa shape index (κ1) is 37.0. The van der Waals surface area contributed by atoms with E-state index in [0.29, 0.717) is 43.0 Å². The SMILES string of the molecule is O=C(NCc1nc(-c2ccc(-c3ccc4c(c3)CCc3nc(CNC(=O)C5(C6(O)CCC(F)(F)CC6)CC5)[nH]c3-4)cc2)c[nH]1)C1(C2(O)CCC(F)(F)CC2)CC1. The molecule has 10 nitrogen and oxygen atoms in total. The van der Waals surface area contributed by atoms with Crippen LogP contribution in [0.25, 0.3) is 33.6 Å². The van der Waals surface area contributed by atoms with E-state index in [-0.39, 0.29) is 50.6 Å². The number of hydrogen-bond donors (Lipinski definition) is 6.